The molecule has 2 heterocycles. The minimum Gasteiger partial charge on any atom is -0.324 e. The highest BCUT2D eigenvalue weighted by Crippen LogP contribution is 2.15. The molecule has 0 aromatic rings. The molecule has 3 N–H and O–H groups in total. The third-order valence-corrected chi connectivity index (χ3v) is 2.67. The van der Waals surface area contributed by atoms with Crippen LogP contribution in [0.1, 0.15) is 0 Å². The maximum Gasteiger partial charge on any atom is 0.334 e. The number of halogens is 1. The van der Waals surface area contributed by atoms with Crippen LogP contribution in [0.25, 0.3) is 0 Å². The van der Waals surface area contributed by atoms with Gasteiger partial charge >= 0.3 is 6.03 Å². The van der Waals surface area contributed by atoms with Crippen LogP contribution in [0.4, 0.5) is 4.79 Å². The Hall–Kier alpha value is -0.330. The average molecular weight is 221 g/mol. The second-order valence-electron chi connectivity index (χ2n) is 2.56. The van der Waals surface area contributed by atoms with Gasteiger partial charge in [0.25, 0.3) is 0 Å². The summed E-state index contributed by atoms with van der Waals surface area (Å²) in [4.78, 5) is 11.4. The van der Waals surface area contributed by atoms with Gasteiger partial charge in [0, 0.05) is 6.54 Å². The Labute approximate surface area is 72.6 Å². The summed E-state index contributed by atoms with van der Waals surface area (Å²) in [5.74, 6) is 0. The SMILES string of the molecule is O=C1NCNC2C(Br)CNN12. The lowest BCUT2D eigenvalue weighted by Crippen LogP contribution is -2.62. The molecule has 2 aliphatic heterocycles. The Morgan fingerprint density at radius 2 is 2.45 bits per heavy atom. The molecule has 11 heavy (non-hydrogen) atoms. The Bertz CT molecular complexity index is 187. The van der Waals surface area contributed by atoms with Crippen LogP contribution in [0.5, 0.6) is 0 Å². The second-order valence-corrected chi connectivity index (χ2v) is 3.73. The topological polar surface area (TPSA) is 56.4 Å². The van der Waals surface area contributed by atoms with E-state index in [1.165, 1.54) is 0 Å². The molecule has 0 saturated carbocycles. The van der Waals surface area contributed by atoms with E-state index in [4.69, 9.17) is 0 Å². The van der Waals surface area contributed by atoms with Crippen LogP contribution >= 0.6 is 15.9 Å². The van der Waals surface area contributed by atoms with Gasteiger partial charge < -0.3 is 5.32 Å². The molecule has 2 unspecified atom stereocenters. The number of nitrogens with zero attached hydrogens (tertiary/aromatic N) is 1. The number of carbonyl (C=O) groups excluding carboxylic acids is 1. The van der Waals surface area contributed by atoms with E-state index in [-0.39, 0.29) is 12.2 Å². The van der Waals surface area contributed by atoms with E-state index in [1.54, 1.807) is 5.01 Å². The van der Waals surface area contributed by atoms with E-state index in [9.17, 15) is 4.79 Å². The van der Waals surface area contributed by atoms with Crippen molar-refractivity contribution in [3.8, 4) is 0 Å². The first-order valence-corrected chi connectivity index (χ1v) is 4.38. The maximum atomic E-state index is 11.1. The predicted octanol–water partition coefficient (Wildman–Crippen LogP) is -0.834. The van der Waals surface area contributed by atoms with E-state index >= 15 is 0 Å². The summed E-state index contributed by atoms with van der Waals surface area (Å²) in [6.45, 7) is 1.33. The highest BCUT2D eigenvalue weighted by molar-refractivity contribution is 9.09. The molecule has 0 bridgehead atoms. The van der Waals surface area contributed by atoms with Crippen molar-refractivity contribution in [1.82, 2.24) is 21.1 Å². The summed E-state index contributed by atoms with van der Waals surface area (Å²) in [5.41, 5.74) is 2.97. The normalized spacial score (nSPS) is 36.8. The van der Waals surface area contributed by atoms with Gasteiger partial charge in [-0.05, 0) is 0 Å². The number of rotatable bonds is 0. The molecule has 0 radical (unpaired) electrons. The summed E-state index contributed by atoms with van der Waals surface area (Å²) in [6, 6.07) is -0.0595. The molecular formula is C5H9BrN4O. The van der Waals surface area contributed by atoms with Crippen LogP contribution in [-0.4, -0.2) is 35.2 Å². The third kappa shape index (κ3) is 1.11. The zero-order chi connectivity index (χ0) is 7.84. The van der Waals surface area contributed by atoms with Crippen LogP contribution in [0, 0.1) is 0 Å². The summed E-state index contributed by atoms with van der Waals surface area (Å²) >= 11 is 3.46. The van der Waals surface area contributed by atoms with E-state index in [0.29, 0.717) is 11.5 Å². The first-order chi connectivity index (χ1) is 5.29. The standard InChI is InChI=1S/C5H9BrN4O/c6-3-1-9-10-4(3)7-2-8-5(10)11/h3-4,7,9H,1-2H2,(H,8,11). The molecule has 2 aliphatic rings. The Morgan fingerprint density at radius 3 is 3.18 bits per heavy atom. The van der Waals surface area contributed by atoms with Crippen molar-refractivity contribution in [3.05, 3.63) is 0 Å². The molecule has 0 aromatic carbocycles. The molecule has 2 saturated heterocycles. The average Bonchev–Trinajstić information content (AvgIpc) is 2.35. The van der Waals surface area contributed by atoms with Crippen LogP contribution in [0.3, 0.4) is 0 Å². The van der Waals surface area contributed by atoms with Gasteiger partial charge in [-0.1, -0.05) is 15.9 Å². The van der Waals surface area contributed by atoms with Gasteiger partial charge in [-0.15, -0.1) is 0 Å². The molecule has 0 spiro atoms. The lowest BCUT2D eigenvalue weighted by Gasteiger charge is -2.31. The Kier molecular flexibility index (Phi) is 1.74. The number of carbonyl (C=O) groups is 1. The number of urea groups is 1. The van der Waals surface area contributed by atoms with E-state index in [0.717, 1.165) is 6.54 Å². The minimum atomic E-state index is -0.0595. The quantitative estimate of drug-likeness (QED) is 0.468. The maximum absolute atomic E-state index is 11.1. The van der Waals surface area contributed by atoms with Gasteiger partial charge in [-0.25, -0.2) is 15.2 Å². The van der Waals surface area contributed by atoms with Crippen molar-refractivity contribution in [2.45, 2.75) is 11.0 Å². The van der Waals surface area contributed by atoms with Crippen LogP contribution < -0.4 is 16.1 Å². The van der Waals surface area contributed by atoms with Crippen LogP contribution in [0.15, 0.2) is 0 Å². The highest BCUT2D eigenvalue weighted by atomic mass is 79.9. The van der Waals surface area contributed by atoms with Crippen LogP contribution in [0.2, 0.25) is 0 Å². The highest BCUT2D eigenvalue weighted by Gasteiger charge is 2.37. The third-order valence-electron chi connectivity index (χ3n) is 1.85. The minimum absolute atomic E-state index is 0.0595. The summed E-state index contributed by atoms with van der Waals surface area (Å²) in [5, 5.41) is 7.38. The second kappa shape index (κ2) is 2.62. The van der Waals surface area contributed by atoms with Gasteiger partial charge in [0.2, 0.25) is 0 Å². The van der Waals surface area contributed by atoms with Crippen LogP contribution in [-0.2, 0) is 0 Å². The number of amides is 2. The summed E-state index contributed by atoms with van der Waals surface area (Å²) in [7, 11) is 0. The monoisotopic (exact) mass is 220 g/mol. The molecule has 0 aromatic heterocycles. The van der Waals surface area contributed by atoms with E-state index < -0.39 is 0 Å². The van der Waals surface area contributed by atoms with Crippen molar-refractivity contribution in [1.29, 1.82) is 0 Å². The van der Waals surface area contributed by atoms with Gasteiger partial charge in [0.1, 0.15) is 6.17 Å². The van der Waals surface area contributed by atoms with Gasteiger partial charge in [-0.3, -0.25) is 5.32 Å². The fraction of sp³-hybridized carbons (Fsp3) is 0.800. The van der Waals surface area contributed by atoms with Crippen molar-refractivity contribution >= 4 is 22.0 Å². The molecular weight excluding hydrogens is 212 g/mol. The van der Waals surface area contributed by atoms with E-state index in [2.05, 4.69) is 32.0 Å². The molecule has 2 rings (SSSR count). The summed E-state index contributed by atoms with van der Waals surface area (Å²) in [6.07, 6.45) is 0.0868. The predicted molar refractivity (Wildman–Crippen MR) is 42.9 cm³/mol. The van der Waals surface area contributed by atoms with Crippen molar-refractivity contribution in [2.75, 3.05) is 13.2 Å². The first kappa shape index (κ1) is 7.33. The molecule has 2 fully saturated rings. The van der Waals surface area contributed by atoms with Crippen molar-refractivity contribution in [2.24, 2.45) is 0 Å². The number of fused-ring (bicyclic) bond motifs is 1. The fourth-order valence-electron chi connectivity index (χ4n) is 1.29. The molecule has 6 heteroatoms. The van der Waals surface area contributed by atoms with Gasteiger partial charge in [0.15, 0.2) is 0 Å². The lowest BCUT2D eigenvalue weighted by molar-refractivity contribution is 0.138. The molecule has 62 valence electrons. The Morgan fingerprint density at radius 1 is 1.64 bits per heavy atom. The first-order valence-electron chi connectivity index (χ1n) is 3.47. The largest absolute Gasteiger partial charge is 0.334 e. The fourth-order valence-corrected chi connectivity index (χ4v) is 1.86. The molecule has 0 aliphatic carbocycles. The molecule has 2 atom stereocenters. The van der Waals surface area contributed by atoms with Crippen molar-refractivity contribution in [3.63, 3.8) is 0 Å². The number of nitrogens with one attached hydrogen (secondary N) is 3. The van der Waals surface area contributed by atoms with Gasteiger partial charge in [-0.2, -0.15) is 0 Å². The van der Waals surface area contributed by atoms with E-state index in [1.807, 2.05) is 0 Å². The summed E-state index contributed by atoms with van der Waals surface area (Å²) < 4.78 is 0. The number of hydrazine groups is 1. The Balaban J connectivity index is 2.13. The van der Waals surface area contributed by atoms with Gasteiger partial charge in [0.05, 0.1) is 11.5 Å². The molecule has 2 amide bonds. The smallest absolute Gasteiger partial charge is 0.324 e. The zero-order valence-electron chi connectivity index (χ0n) is 5.80. The van der Waals surface area contributed by atoms with Crippen molar-refractivity contribution < 1.29 is 4.79 Å². The number of hydrogen-bond donors (Lipinski definition) is 3. The number of hydrogen-bond acceptors (Lipinski definition) is 3. The molecule has 5 nitrogen and oxygen atoms in total. The zero-order valence-corrected chi connectivity index (χ0v) is 7.39. The lowest BCUT2D eigenvalue weighted by atomic mass is 10.3. The number of alkyl halides is 1.